The van der Waals surface area contributed by atoms with Crippen LogP contribution in [0.25, 0.3) is 0 Å². The molecule has 1 atom stereocenters. The number of primary amides is 1. The Hall–Kier alpha value is -1.58. The molecule has 0 radical (unpaired) electrons. The standard InChI is InChI=1S/C15H23N3O/c1-15(2,3)9-11-5-4-8-18(11)13-6-7-17-10-12(13)14(16)19/h6-7,10-11H,4-5,8-9H2,1-3H3,(H2,16,19)/t11-/m0/s1. The Morgan fingerprint density at radius 1 is 1.53 bits per heavy atom. The van der Waals surface area contributed by atoms with Crippen LogP contribution in [0.15, 0.2) is 18.5 Å². The fraction of sp³-hybridized carbons (Fsp3) is 0.600. The number of carbonyl (C=O) groups excluding carboxylic acids is 1. The molecule has 0 spiro atoms. The van der Waals surface area contributed by atoms with Crippen molar-refractivity contribution >= 4 is 11.6 Å². The monoisotopic (exact) mass is 261 g/mol. The van der Waals surface area contributed by atoms with Gasteiger partial charge in [0.1, 0.15) is 0 Å². The Labute approximate surface area is 115 Å². The molecule has 1 aliphatic rings. The first-order chi connectivity index (χ1) is 8.88. The van der Waals surface area contributed by atoms with Gasteiger partial charge in [-0.3, -0.25) is 9.78 Å². The van der Waals surface area contributed by atoms with Crippen LogP contribution in [0.1, 0.15) is 50.4 Å². The Morgan fingerprint density at radius 3 is 2.89 bits per heavy atom. The molecule has 1 fully saturated rings. The molecule has 0 bridgehead atoms. The minimum Gasteiger partial charge on any atom is -0.368 e. The second-order valence-electron chi connectivity index (χ2n) is 6.51. The smallest absolute Gasteiger partial charge is 0.252 e. The number of rotatable bonds is 3. The second-order valence-corrected chi connectivity index (χ2v) is 6.51. The summed E-state index contributed by atoms with van der Waals surface area (Å²) < 4.78 is 0. The molecule has 104 valence electrons. The van der Waals surface area contributed by atoms with Gasteiger partial charge in [-0.25, -0.2) is 0 Å². The molecular formula is C15H23N3O. The van der Waals surface area contributed by atoms with Crippen LogP contribution in [0.5, 0.6) is 0 Å². The van der Waals surface area contributed by atoms with Gasteiger partial charge >= 0.3 is 0 Å². The number of carbonyl (C=O) groups is 1. The number of aromatic nitrogens is 1. The van der Waals surface area contributed by atoms with Crippen LogP contribution in [-0.2, 0) is 0 Å². The number of pyridine rings is 1. The number of nitrogens with zero attached hydrogens (tertiary/aromatic N) is 2. The number of nitrogens with two attached hydrogens (primary N) is 1. The zero-order chi connectivity index (χ0) is 14.0. The summed E-state index contributed by atoms with van der Waals surface area (Å²) >= 11 is 0. The van der Waals surface area contributed by atoms with Gasteiger partial charge in [0, 0.05) is 25.0 Å². The summed E-state index contributed by atoms with van der Waals surface area (Å²) in [5, 5.41) is 0. The highest BCUT2D eigenvalue weighted by Crippen LogP contribution is 2.34. The van der Waals surface area contributed by atoms with E-state index in [4.69, 9.17) is 5.73 Å². The van der Waals surface area contributed by atoms with Gasteiger partial charge in [-0.1, -0.05) is 20.8 Å². The van der Waals surface area contributed by atoms with Crippen molar-refractivity contribution in [2.75, 3.05) is 11.4 Å². The van der Waals surface area contributed by atoms with Crippen LogP contribution < -0.4 is 10.6 Å². The molecule has 0 aliphatic carbocycles. The lowest BCUT2D eigenvalue weighted by atomic mass is 9.87. The van der Waals surface area contributed by atoms with Crippen molar-refractivity contribution in [3.8, 4) is 0 Å². The van der Waals surface area contributed by atoms with E-state index in [0.717, 1.165) is 18.7 Å². The SMILES string of the molecule is CC(C)(C)C[C@@H]1CCCN1c1ccncc1C(N)=O. The lowest BCUT2D eigenvalue weighted by molar-refractivity contribution is 0.100. The van der Waals surface area contributed by atoms with E-state index in [2.05, 4.69) is 30.7 Å². The summed E-state index contributed by atoms with van der Waals surface area (Å²) in [6.07, 6.45) is 6.77. The fourth-order valence-corrected chi connectivity index (χ4v) is 2.90. The molecule has 4 nitrogen and oxygen atoms in total. The van der Waals surface area contributed by atoms with Gasteiger partial charge in [-0.15, -0.1) is 0 Å². The van der Waals surface area contributed by atoms with Gasteiger partial charge in [0.15, 0.2) is 0 Å². The normalized spacial score (nSPS) is 19.7. The first-order valence-electron chi connectivity index (χ1n) is 6.89. The van der Waals surface area contributed by atoms with E-state index in [0.29, 0.717) is 11.6 Å². The van der Waals surface area contributed by atoms with E-state index >= 15 is 0 Å². The quantitative estimate of drug-likeness (QED) is 0.909. The molecule has 19 heavy (non-hydrogen) atoms. The maximum absolute atomic E-state index is 11.5. The average molecular weight is 261 g/mol. The van der Waals surface area contributed by atoms with Crippen LogP contribution in [0.3, 0.4) is 0 Å². The Balaban J connectivity index is 2.28. The highest BCUT2D eigenvalue weighted by molar-refractivity contribution is 5.98. The maximum atomic E-state index is 11.5. The molecular weight excluding hydrogens is 238 g/mol. The molecule has 0 aromatic carbocycles. The van der Waals surface area contributed by atoms with Crippen LogP contribution in [-0.4, -0.2) is 23.5 Å². The molecule has 1 aromatic rings. The van der Waals surface area contributed by atoms with Crippen molar-refractivity contribution in [1.82, 2.24) is 4.98 Å². The minimum atomic E-state index is -0.399. The third kappa shape index (κ3) is 3.25. The zero-order valence-corrected chi connectivity index (χ0v) is 12.0. The van der Waals surface area contributed by atoms with Crippen molar-refractivity contribution < 1.29 is 4.79 Å². The highest BCUT2D eigenvalue weighted by atomic mass is 16.1. The van der Waals surface area contributed by atoms with E-state index < -0.39 is 5.91 Å². The largest absolute Gasteiger partial charge is 0.368 e. The molecule has 4 heteroatoms. The van der Waals surface area contributed by atoms with E-state index in [1.54, 1.807) is 12.4 Å². The summed E-state index contributed by atoms with van der Waals surface area (Å²) in [5.41, 5.74) is 7.20. The number of hydrogen-bond acceptors (Lipinski definition) is 3. The molecule has 1 aliphatic heterocycles. The molecule has 2 rings (SSSR count). The van der Waals surface area contributed by atoms with Gasteiger partial charge in [-0.05, 0) is 30.7 Å². The van der Waals surface area contributed by atoms with Crippen LogP contribution >= 0.6 is 0 Å². The predicted octanol–water partition coefficient (Wildman–Crippen LogP) is 2.59. The van der Waals surface area contributed by atoms with Gasteiger partial charge < -0.3 is 10.6 Å². The van der Waals surface area contributed by atoms with Crippen molar-refractivity contribution in [2.45, 2.75) is 46.1 Å². The topological polar surface area (TPSA) is 59.2 Å². The van der Waals surface area contributed by atoms with Crippen molar-refractivity contribution in [1.29, 1.82) is 0 Å². The lowest BCUT2D eigenvalue weighted by Gasteiger charge is -2.32. The third-order valence-electron chi connectivity index (χ3n) is 3.60. The number of anilines is 1. The van der Waals surface area contributed by atoms with Crippen molar-refractivity contribution in [2.24, 2.45) is 11.1 Å². The van der Waals surface area contributed by atoms with Crippen LogP contribution in [0.4, 0.5) is 5.69 Å². The zero-order valence-electron chi connectivity index (χ0n) is 12.0. The van der Waals surface area contributed by atoms with E-state index in [1.165, 1.54) is 12.8 Å². The molecule has 2 N–H and O–H groups in total. The minimum absolute atomic E-state index is 0.285. The Morgan fingerprint density at radius 2 is 2.26 bits per heavy atom. The van der Waals surface area contributed by atoms with Crippen LogP contribution in [0.2, 0.25) is 0 Å². The third-order valence-corrected chi connectivity index (χ3v) is 3.60. The Kier molecular flexibility index (Phi) is 3.78. The van der Waals surface area contributed by atoms with Gasteiger partial charge in [0.25, 0.3) is 5.91 Å². The highest BCUT2D eigenvalue weighted by Gasteiger charge is 2.30. The lowest BCUT2D eigenvalue weighted by Crippen LogP contribution is -2.34. The molecule has 2 heterocycles. The van der Waals surface area contributed by atoms with E-state index in [-0.39, 0.29) is 5.41 Å². The van der Waals surface area contributed by atoms with Crippen molar-refractivity contribution in [3.63, 3.8) is 0 Å². The molecule has 1 amide bonds. The van der Waals surface area contributed by atoms with E-state index in [1.807, 2.05) is 6.07 Å². The molecule has 1 saturated heterocycles. The van der Waals surface area contributed by atoms with E-state index in [9.17, 15) is 4.79 Å². The predicted molar refractivity (Wildman–Crippen MR) is 77.2 cm³/mol. The van der Waals surface area contributed by atoms with Gasteiger partial charge in [0.05, 0.1) is 11.3 Å². The first kappa shape index (κ1) is 13.8. The van der Waals surface area contributed by atoms with Gasteiger partial charge in [0.2, 0.25) is 0 Å². The molecule has 1 aromatic heterocycles. The Bertz CT molecular complexity index is 465. The summed E-state index contributed by atoms with van der Waals surface area (Å²) in [6, 6.07) is 2.39. The van der Waals surface area contributed by atoms with Crippen molar-refractivity contribution in [3.05, 3.63) is 24.0 Å². The maximum Gasteiger partial charge on any atom is 0.252 e. The summed E-state index contributed by atoms with van der Waals surface area (Å²) in [7, 11) is 0. The number of amides is 1. The summed E-state index contributed by atoms with van der Waals surface area (Å²) in [4.78, 5) is 17.9. The fourth-order valence-electron chi connectivity index (χ4n) is 2.90. The second kappa shape index (κ2) is 5.19. The summed E-state index contributed by atoms with van der Waals surface area (Å²) in [6.45, 7) is 7.76. The summed E-state index contributed by atoms with van der Waals surface area (Å²) in [5.74, 6) is -0.399. The van der Waals surface area contributed by atoms with Gasteiger partial charge in [-0.2, -0.15) is 0 Å². The first-order valence-corrected chi connectivity index (χ1v) is 6.89. The molecule has 0 saturated carbocycles. The van der Waals surface area contributed by atoms with Crippen LogP contribution in [0, 0.1) is 5.41 Å². The average Bonchev–Trinajstić information content (AvgIpc) is 2.74. The number of hydrogen-bond donors (Lipinski definition) is 1. The molecule has 0 unspecified atom stereocenters.